The van der Waals surface area contributed by atoms with E-state index in [0.29, 0.717) is 22.2 Å². The zero-order valence-electron chi connectivity index (χ0n) is 12.6. The zero-order valence-corrected chi connectivity index (χ0v) is 12.6. The number of amides is 1. The minimum absolute atomic E-state index is 0.257. The Morgan fingerprint density at radius 2 is 2.00 bits per heavy atom. The van der Waals surface area contributed by atoms with Gasteiger partial charge >= 0.3 is 5.97 Å². The molecule has 2 aromatic rings. The van der Waals surface area contributed by atoms with Crippen LogP contribution in [0.25, 0.3) is 10.9 Å². The first-order valence-electron chi connectivity index (χ1n) is 6.89. The van der Waals surface area contributed by atoms with Crippen LogP contribution >= 0.6 is 0 Å². The molecule has 22 heavy (non-hydrogen) atoms. The maximum atomic E-state index is 13.2. The van der Waals surface area contributed by atoms with Gasteiger partial charge in [-0.1, -0.05) is 0 Å². The monoisotopic (exact) mass is 304 g/mol. The number of nitrogens with zero attached hydrogens (tertiary/aromatic N) is 2. The van der Waals surface area contributed by atoms with Crippen LogP contribution in [-0.4, -0.2) is 39.5 Å². The number of aryl methyl sites for hydroxylation is 1. The molecule has 1 N–H and O–H groups in total. The molecule has 0 fully saturated rings. The number of carboxylic acid groups (broad SMARTS) is 1. The summed E-state index contributed by atoms with van der Waals surface area (Å²) in [7, 11) is 0. The number of carboxylic acids is 1. The summed E-state index contributed by atoms with van der Waals surface area (Å²) in [5, 5.41) is 9.58. The third-order valence-corrected chi connectivity index (χ3v) is 3.39. The molecule has 0 radical (unpaired) electrons. The molecule has 1 aromatic heterocycles. The highest BCUT2D eigenvalue weighted by Crippen LogP contribution is 2.19. The number of pyridine rings is 1. The Morgan fingerprint density at radius 3 is 2.59 bits per heavy atom. The van der Waals surface area contributed by atoms with Crippen molar-refractivity contribution < 1.29 is 19.1 Å². The van der Waals surface area contributed by atoms with E-state index in [4.69, 9.17) is 5.11 Å². The van der Waals surface area contributed by atoms with Crippen molar-refractivity contribution in [2.24, 2.45) is 0 Å². The third kappa shape index (κ3) is 3.21. The molecular formula is C16H17FN2O3. The SMILES string of the molecule is Cc1nc2cc(F)ccc2cc1C(=O)N(CC(=O)O)C(C)C. The van der Waals surface area contributed by atoms with E-state index in [1.165, 1.54) is 17.0 Å². The van der Waals surface area contributed by atoms with Crippen LogP contribution in [0.15, 0.2) is 24.3 Å². The molecule has 0 atom stereocenters. The van der Waals surface area contributed by atoms with Crippen LogP contribution in [0, 0.1) is 12.7 Å². The molecule has 2 rings (SSSR count). The van der Waals surface area contributed by atoms with E-state index >= 15 is 0 Å². The van der Waals surface area contributed by atoms with Gasteiger partial charge in [-0.15, -0.1) is 0 Å². The van der Waals surface area contributed by atoms with Crippen LogP contribution in [0.2, 0.25) is 0 Å². The number of carbonyl (C=O) groups is 2. The Morgan fingerprint density at radius 1 is 1.32 bits per heavy atom. The summed E-state index contributed by atoms with van der Waals surface area (Å²) in [5.41, 5.74) is 1.23. The second kappa shape index (κ2) is 6.09. The van der Waals surface area contributed by atoms with Crippen molar-refractivity contribution in [1.82, 2.24) is 9.88 Å². The number of fused-ring (bicyclic) bond motifs is 1. The summed E-state index contributed by atoms with van der Waals surface area (Å²) in [6.07, 6.45) is 0. The highest BCUT2D eigenvalue weighted by atomic mass is 19.1. The van der Waals surface area contributed by atoms with E-state index in [9.17, 15) is 14.0 Å². The lowest BCUT2D eigenvalue weighted by Gasteiger charge is -2.25. The molecule has 0 spiro atoms. The van der Waals surface area contributed by atoms with Crippen LogP contribution in [-0.2, 0) is 4.79 Å². The van der Waals surface area contributed by atoms with E-state index in [1.54, 1.807) is 32.9 Å². The van der Waals surface area contributed by atoms with Crippen molar-refractivity contribution in [3.8, 4) is 0 Å². The lowest BCUT2D eigenvalue weighted by molar-refractivity contribution is -0.138. The van der Waals surface area contributed by atoms with Crippen LogP contribution in [0.1, 0.15) is 29.9 Å². The molecule has 0 aliphatic heterocycles. The van der Waals surface area contributed by atoms with Crippen LogP contribution in [0.4, 0.5) is 4.39 Å². The predicted molar refractivity (Wildman–Crippen MR) is 80.2 cm³/mol. The van der Waals surface area contributed by atoms with Gasteiger partial charge in [-0.25, -0.2) is 4.39 Å². The number of carbonyl (C=O) groups excluding carboxylic acids is 1. The van der Waals surface area contributed by atoms with Crippen LogP contribution in [0.3, 0.4) is 0 Å². The topological polar surface area (TPSA) is 70.5 Å². The van der Waals surface area contributed by atoms with Crippen molar-refractivity contribution in [2.45, 2.75) is 26.8 Å². The van der Waals surface area contributed by atoms with Crippen molar-refractivity contribution in [3.05, 3.63) is 41.3 Å². The first-order chi connectivity index (χ1) is 10.3. The second-order valence-electron chi connectivity index (χ2n) is 5.38. The molecule has 0 aliphatic rings. The maximum absolute atomic E-state index is 13.2. The van der Waals surface area contributed by atoms with E-state index in [-0.39, 0.29) is 12.6 Å². The van der Waals surface area contributed by atoms with E-state index in [0.717, 1.165) is 0 Å². The highest BCUT2D eigenvalue weighted by molar-refractivity contribution is 5.99. The molecule has 0 aliphatic carbocycles. The molecule has 0 unspecified atom stereocenters. The molecule has 5 nitrogen and oxygen atoms in total. The van der Waals surface area contributed by atoms with Gasteiger partial charge in [0, 0.05) is 17.5 Å². The number of hydrogen-bond donors (Lipinski definition) is 1. The Bertz CT molecular complexity index is 743. The summed E-state index contributed by atoms with van der Waals surface area (Å²) < 4.78 is 13.2. The standard InChI is InChI=1S/C16H17FN2O3/c1-9(2)19(8-15(20)21)16(22)13-6-11-4-5-12(17)7-14(11)18-10(13)3/h4-7,9H,8H2,1-3H3,(H,20,21). The molecule has 0 saturated carbocycles. The van der Waals surface area contributed by atoms with Crippen molar-refractivity contribution >= 4 is 22.8 Å². The van der Waals surface area contributed by atoms with E-state index in [1.807, 2.05) is 0 Å². The van der Waals surface area contributed by atoms with Gasteiger partial charge in [-0.3, -0.25) is 14.6 Å². The van der Waals surface area contributed by atoms with Gasteiger partial charge in [0.2, 0.25) is 0 Å². The number of hydrogen-bond acceptors (Lipinski definition) is 3. The van der Waals surface area contributed by atoms with Gasteiger partial charge in [0.25, 0.3) is 5.91 Å². The molecule has 0 saturated heterocycles. The average molecular weight is 304 g/mol. The van der Waals surface area contributed by atoms with Gasteiger partial charge in [0.05, 0.1) is 16.8 Å². The maximum Gasteiger partial charge on any atom is 0.323 e. The van der Waals surface area contributed by atoms with Gasteiger partial charge in [-0.2, -0.15) is 0 Å². The summed E-state index contributed by atoms with van der Waals surface area (Å²) in [5.74, 6) is -1.86. The largest absolute Gasteiger partial charge is 0.480 e. The van der Waals surface area contributed by atoms with Gasteiger partial charge in [-0.05, 0) is 39.0 Å². The quantitative estimate of drug-likeness (QED) is 0.942. The van der Waals surface area contributed by atoms with Crippen LogP contribution in [0.5, 0.6) is 0 Å². The van der Waals surface area contributed by atoms with Crippen molar-refractivity contribution in [3.63, 3.8) is 0 Å². The molecule has 6 heteroatoms. The number of aromatic nitrogens is 1. The fourth-order valence-corrected chi connectivity index (χ4v) is 2.24. The molecular weight excluding hydrogens is 287 g/mol. The smallest absolute Gasteiger partial charge is 0.323 e. The Labute approximate surface area is 127 Å². The van der Waals surface area contributed by atoms with Gasteiger partial charge < -0.3 is 10.0 Å². The first-order valence-corrected chi connectivity index (χ1v) is 6.89. The molecule has 116 valence electrons. The fourth-order valence-electron chi connectivity index (χ4n) is 2.24. The predicted octanol–water partition coefficient (Wildman–Crippen LogP) is 2.62. The average Bonchev–Trinajstić information content (AvgIpc) is 2.42. The lowest BCUT2D eigenvalue weighted by Crippen LogP contribution is -2.41. The van der Waals surface area contributed by atoms with Crippen molar-refractivity contribution in [2.75, 3.05) is 6.54 Å². The van der Waals surface area contributed by atoms with Gasteiger partial charge in [0.15, 0.2) is 0 Å². The van der Waals surface area contributed by atoms with E-state index < -0.39 is 17.7 Å². The summed E-state index contributed by atoms with van der Waals surface area (Å²) in [4.78, 5) is 29.0. The Kier molecular flexibility index (Phi) is 4.40. The third-order valence-electron chi connectivity index (χ3n) is 3.39. The normalized spacial score (nSPS) is 11.0. The summed E-state index contributed by atoms with van der Waals surface area (Å²) in [6, 6.07) is 5.51. The second-order valence-corrected chi connectivity index (χ2v) is 5.38. The zero-order chi connectivity index (χ0) is 16.4. The molecule has 1 heterocycles. The Hall–Kier alpha value is -2.50. The summed E-state index contributed by atoms with van der Waals surface area (Å²) in [6.45, 7) is 4.77. The number of benzene rings is 1. The number of rotatable bonds is 4. The summed E-state index contributed by atoms with van der Waals surface area (Å²) >= 11 is 0. The minimum atomic E-state index is -1.07. The fraction of sp³-hybridized carbons (Fsp3) is 0.312. The molecule has 1 aromatic carbocycles. The highest BCUT2D eigenvalue weighted by Gasteiger charge is 2.23. The van der Waals surface area contributed by atoms with E-state index in [2.05, 4.69) is 4.98 Å². The lowest BCUT2D eigenvalue weighted by atomic mass is 10.1. The van der Waals surface area contributed by atoms with Gasteiger partial charge in [0.1, 0.15) is 12.4 Å². The molecule has 1 amide bonds. The van der Waals surface area contributed by atoms with Crippen LogP contribution < -0.4 is 0 Å². The number of halogens is 1. The first kappa shape index (κ1) is 15.9. The van der Waals surface area contributed by atoms with Crippen molar-refractivity contribution in [1.29, 1.82) is 0 Å². The minimum Gasteiger partial charge on any atom is -0.480 e. The number of aliphatic carboxylic acids is 1. The Balaban J connectivity index is 2.48. The molecule has 0 bridgehead atoms.